The van der Waals surface area contributed by atoms with Gasteiger partial charge in [0.1, 0.15) is 0 Å². The second-order valence-corrected chi connectivity index (χ2v) is 0.793. The minimum Gasteiger partial charge on any atom is -0.473 e. The number of hydrogen-bond donors (Lipinski definition) is 0. The van der Waals surface area contributed by atoms with Gasteiger partial charge in [0.25, 0.3) is 0 Å². The molecule has 0 aliphatic heterocycles. The Balaban J connectivity index is 0.000000250. The van der Waals surface area contributed by atoms with Crippen LogP contribution < -0.4 is 0 Å². The molecule has 0 saturated heterocycles. The predicted octanol–water partition coefficient (Wildman–Crippen LogP) is 1.28. The van der Waals surface area contributed by atoms with Crippen LogP contribution in [0.25, 0.3) is 0 Å². The van der Waals surface area contributed by atoms with E-state index in [1.54, 1.807) is 12.5 Å². The zero-order valence-corrected chi connectivity index (χ0v) is 6.92. The second-order valence-electron chi connectivity index (χ2n) is 0.793. The fourth-order valence-corrected chi connectivity index (χ4v) is 0.227. The van der Waals surface area contributed by atoms with Gasteiger partial charge >= 0.3 is 0 Å². The molecule has 0 N–H and O–H groups in total. The molecule has 1 nitrogen and oxygen atoms in total. The van der Waals surface area contributed by atoms with Gasteiger partial charge in [-0.1, -0.05) is 0 Å². The van der Waals surface area contributed by atoms with Gasteiger partial charge < -0.3 is 4.42 Å². The number of rotatable bonds is 0. The monoisotopic (exact) mass is 207 g/mol. The molecule has 1 rings (SSSR count). The molecule has 2 heteroatoms. The predicted molar refractivity (Wildman–Crippen MR) is 18.7 cm³/mol. The molecular formula is C4H4LaO. The van der Waals surface area contributed by atoms with Crippen molar-refractivity contribution in [2.24, 2.45) is 0 Å². The van der Waals surface area contributed by atoms with Crippen molar-refractivity contribution in [2.75, 3.05) is 0 Å². The Morgan fingerprint density at radius 1 is 1.00 bits per heavy atom. The summed E-state index contributed by atoms with van der Waals surface area (Å²) in [4.78, 5) is 0. The van der Waals surface area contributed by atoms with Gasteiger partial charge in [-0.05, 0) is 12.1 Å². The normalized spacial score (nSPS) is 6.67. The van der Waals surface area contributed by atoms with Gasteiger partial charge in [0, 0.05) is 35.6 Å². The van der Waals surface area contributed by atoms with Gasteiger partial charge in [-0.3, -0.25) is 0 Å². The van der Waals surface area contributed by atoms with Crippen molar-refractivity contribution in [1.82, 2.24) is 0 Å². The summed E-state index contributed by atoms with van der Waals surface area (Å²) in [7, 11) is 0. The van der Waals surface area contributed by atoms with E-state index < -0.39 is 0 Å². The summed E-state index contributed by atoms with van der Waals surface area (Å²) in [5.41, 5.74) is 0. The maximum atomic E-state index is 4.58. The van der Waals surface area contributed by atoms with E-state index in [1.165, 1.54) is 0 Å². The maximum Gasteiger partial charge on any atom is 0.0902 e. The molecule has 0 saturated carbocycles. The first kappa shape index (κ1) is 6.47. The van der Waals surface area contributed by atoms with E-state index in [9.17, 15) is 0 Å². The summed E-state index contributed by atoms with van der Waals surface area (Å²) in [6.07, 6.45) is 3.25. The van der Waals surface area contributed by atoms with E-state index in [-0.39, 0.29) is 35.6 Å². The minimum absolute atomic E-state index is 0. The number of hydrogen-bond acceptors (Lipinski definition) is 1. The summed E-state index contributed by atoms with van der Waals surface area (Å²) in [5, 5.41) is 0. The average Bonchev–Trinajstić information content (AvgIpc) is 1.76. The fourth-order valence-electron chi connectivity index (χ4n) is 0.227. The van der Waals surface area contributed by atoms with Crippen molar-refractivity contribution in [1.29, 1.82) is 0 Å². The molecule has 0 unspecified atom stereocenters. The van der Waals surface area contributed by atoms with Crippen LogP contribution in [-0.4, -0.2) is 0 Å². The zero-order chi connectivity index (χ0) is 3.54. The van der Waals surface area contributed by atoms with Gasteiger partial charge in [0.15, 0.2) is 0 Å². The molecule has 1 aromatic heterocycles. The second kappa shape index (κ2) is 3.66. The van der Waals surface area contributed by atoms with E-state index in [0.717, 1.165) is 0 Å². The topological polar surface area (TPSA) is 13.1 Å². The van der Waals surface area contributed by atoms with Crippen LogP contribution in [-0.2, 0) is 0 Å². The quantitative estimate of drug-likeness (QED) is 0.624. The van der Waals surface area contributed by atoms with Gasteiger partial charge in [0.05, 0.1) is 12.5 Å². The van der Waals surface area contributed by atoms with Crippen molar-refractivity contribution in [2.45, 2.75) is 0 Å². The molecule has 0 aliphatic rings. The van der Waals surface area contributed by atoms with Crippen LogP contribution in [0.15, 0.2) is 29.1 Å². The SMILES string of the molecule is [La].c1ccoc1. The van der Waals surface area contributed by atoms with Gasteiger partial charge in [-0.2, -0.15) is 0 Å². The molecule has 0 atom stereocenters. The third kappa shape index (κ3) is 1.80. The molecular weight excluding hydrogens is 203 g/mol. The van der Waals surface area contributed by atoms with Crippen molar-refractivity contribution in [3.63, 3.8) is 0 Å². The molecule has 0 spiro atoms. The molecule has 0 bridgehead atoms. The molecule has 0 fully saturated rings. The molecule has 29 valence electrons. The Morgan fingerprint density at radius 3 is 1.67 bits per heavy atom. The van der Waals surface area contributed by atoms with E-state index in [0.29, 0.717) is 0 Å². The Morgan fingerprint density at radius 2 is 1.50 bits per heavy atom. The van der Waals surface area contributed by atoms with Crippen LogP contribution >= 0.6 is 0 Å². The van der Waals surface area contributed by atoms with Crippen LogP contribution in [0.4, 0.5) is 0 Å². The van der Waals surface area contributed by atoms with E-state index in [2.05, 4.69) is 4.42 Å². The van der Waals surface area contributed by atoms with Crippen LogP contribution in [0.3, 0.4) is 0 Å². The first-order valence-electron chi connectivity index (χ1n) is 1.47. The van der Waals surface area contributed by atoms with Crippen molar-refractivity contribution < 1.29 is 40.0 Å². The van der Waals surface area contributed by atoms with Crippen molar-refractivity contribution in [3.8, 4) is 0 Å². The third-order valence-electron chi connectivity index (χ3n) is 0.425. The van der Waals surface area contributed by atoms with E-state index in [4.69, 9.17) is 0 Å². The summed E-state index contributed by atoms with van der Waals surface area (Å²) in [5.74, 6) is 0. The van der Waals surface area contributed by atoms with Crippen molar-refractivity contribution in [3.05, 3.63) is 24.7 Å². The summed E-state index contributed by atoms with van der Waals surface area (Å²) in [6, 6.07) is 3.67. The van der Waals surface area contributed by atoms with Crippen LogP contribution in [0, 0.1) is 35.6 Å². The summed E-state index contributed by atoms with van der Waals surface area (Å²) in [6.45, 7) is 0. The first-order valence-corrected chi connectivity index (χ1v) is 1.47. The molecule has 1 heterocycles. The van der Waals surface area contributed by atoms with E-state index >= 15 is 0 Å². The maximum absolute atomic E-state index is 4.58. The molecule has 0 aliphatic carbocycles. The zero-order valence-electron chi connectivity index (χ0n) is 3.29. The van der Waals surface area contributed by atoms with Gasteiger partial charge in [0.2, 0.25) is 0 Å². The summed E-state index contributed by atoms with van der Waals surface area (Å²) < 4.78 is 4.58. The molecule has 6 heavy (non-hydrogen) atoms. The minimum atomic E-state index is 0. The Hall–Kier alpha value is 0.475. The van der Waals surface area contributed by atoms with Gasteiger partial charge in [-0.25, -0.2) is 0 Å². The molecule has 1 aromatic rings. The Labute approximate surface area is 64.3 Å². The molecule has 0 aromatic carbocycles. The van der Waals surface area contributed by atoms with E-state index in [1.807, 2.05) is 12.1 Å². The summed E-state index contributed by atoms with van der Waals surface area (Å²) >= 11 is 0. The number of furan rings is 1. The third-order valence-corrected chi connectivity index (χ3v) is 0.425. The molecule has 0 amide bonds. The Kier molecular flexibility index (Phi) is 3.95. The smallest absolute Gasteiger partial charge is 0.0902 e. The van der Waals surface area contributed by atoms with Crippen LogP contribution in [0.1, 0.15) is 0 Å². The van der Waals surface area contributed by atoms with Gasteiger partial charge in [-0.15, -0.1) is 0 Å². The van der Waals surface area contributed by atoms with Crippen molar-refractivity contribution >= 4 is 0 Å². The Bertz CT molecular complexity index is 64.0. The first-order chi connectivity index (χ1) is 2.50. The average molecular weight is 207 g/mol. The van der Waals surface area contributed by atoms with Crippen LogP contribution in [0.2, 0.25) is 0 Å². The fraction of sp³-hybridized carbons (Fsp3) is 0. The largest absolute Gasteiger partial charge is 0.473 e. The molecule has 1 radical (unpaired) electrons. The van der Waals surface area contributed by atoms with Crippen LogP contribution in [0.5, 0.6) is 0 Å². The standard InChI is InChI=1S/C4H4O.La/c1-2-4-5-3-1;/h1-4H;.